The molecule has 0 spiro atoms. The number of rotatable bonds is 6. The van der Waals surface area contributed by atoms with E-state index in [0.29, 0.717) is 5.69 Å². The summed E-state index contributed by atoms with van der Waals surface area (Å²) in [5, 5.41) is 10.8. The Morgan fingerprint density at radius 1 is 1.56 bits per heavy atom. The molecular weight excluding hydrogens is 236 g/mol. The third kappa shape index (κ3) is 3.80. The summed E-state index contributed by atoms with van der Waals surface area (Å²) in [5.41, 5.74) is -0.424. The molecule has 98 valence electrons. The molecule has 1 aromatic heterocycles. The van der Waals surface area contributed by atoms with Crippen molar-refractivity contribution in [2.75, 3.05) is 13.2 Å². The first kappa shape index (κ1) is 14.1. The highest BCUT2D eigenvalue weighted by Crippen LogP contribution is 2.26. The largest absolute Gasteiger partial charge is 0.466 e. The number of hydrogen-bond acceptors (Lipinski definition) is 5. The highest BCUT2D eigenvalue weighted by Gasteiger charge is 2.37. The van der Waals surface area contributed by atoms with Crippen LogP contribution in [0.2, 0.25) is 0 Å². The summed E-state index contributed by atoms with van der Waals surface area (Å²) in [6.45, 7) is 3.25. The number of carbonyl (C=O) groups is 1. The van der Waals surface area contributed by atoms with E-state index in [2.05, 4.69) is 4.98 Å². The second-order valence-electron chi connectivity index (χ2n) is 4.25. The molecule has 0 aliphatic carbocycles. The molecule has 6 nitrogen and oxygen atoms in total. The molecule has 0 amide bonds. The van der Waals surface area contributed by atoms with Gasteiger partial charge in [-0.15, -0.1) is 0 Å². The van der Waals surface area contributed by atoms with Gasteiger partial charge in [0.2, 0.25) is 6.54 Å². The third-order valence-corrected chi connectivity index (χ3v) is 2.60. The van der Waals surface area contributed by atoms with Crippen molar-refractivity contribution in [2.45, 2.75) is 25.7 Å². The number of esters is 1. The van der Waals surface area contributed by atoms with Gasteiger partial charge in [-0.05, 0) is 26.0 Å². The van der Waals surface area contributed by atoms with Crippen LogP contribution in [-0.2, 0) is 14.9 Å². The van der Waals surface area contributed by atoms with Gasteiger partial charge in [-0.25, -0.2) is 0 Å². The Labute approximate surface area is 105 Å². The summed E-state index contributed by atoms with van der Waals surface area (Å²) < 4.78 is 4.85. The van der Waals surface area contributed by atoms with Crippen molar-refractivity contribution < 1.29 is 14.5 Å². The van der Waals surface area contributed by atoms with Crippen LogP contribution >= 0.6 is 0 Å². The second-order valence-corrected chi connectivity index (χ2v) is 4.25. The molecule has 6 heteroatoms. The van der Waals surface area contributed by atoms with Gasteiger partial charge in [0.05, 0.1) is 24.1 Å². The molecule has 0 N–H and O–H groups in total. The summed E-state index contributed by atoms with van der Waals surface area (Å²) in [6.07, 6.45) is 1.50. The fourth-order valence-corrected chi connectivity index (χ4v) is 1.76. The first-order valence-electron chi connectivity index (χ1n) is 5.67. The topological polar surface area (TPSA) is 82.3 Å². The molecule has 1 rings (SSSR count). The Morgan fingerprint density at radius 2 is 2.28 bits per heavy atom. The summed E-state index contributed by atoms with van der Waals surface area (Å²) in [6, 6.07) is 5.15. The van der Waals surface area contributed by atoms with Gasteiger partial charge in [-0.2, -0.15) is 0 Å². The Bertz CT molecular complexity index is 421. The van der Waals surface area contributed by atoms with Crippen LogP contribution in [0.25, 0.3) is 0 Å². The molecule has 0 aliphatic rings. The maximum atomic E-state index is 11.5. The van der Waals surface area contributed by atoms with Gasteiger partial charge >= 0.3 is 5.97 Å². The van der Waals surface area contributed by atoms with E-state index in [1.165, 1.54) is 0 Å². The predicted molar refractivity (Wildman–Crippen MR) is 64.7 cm³/mol. The van der Waals surface area contributed by atoms with Crippen LogP contribution in [-0.4, -0.2) is 29.0 Å². The molecular formula is C12H16N2O4. The fourth-order valence-electron chi connectivity index (χ4n) is 1.76. The standard InChI is InChI=1S/C12H16N2O4/c1-3-18-11(15)8-12(2,9-14(16)17)10-6-4-5-7-13-10/h4-7H,3,8-9H2,1-2H3. The van der Waals surface area contributed by atoms with Crippen molar-refractivity contribution >= 4 is 5.97 Å². The zero-order valence-corrected chi connectivity index (χ0v) is 10.5. The van der Waals surface area contributed by atoms with Gasteiger partial charge in [0.25, 0.3) is 0 Å². The van der Waals surface area contributed by atoms with Crippen molar-refractivity contribution in [1.82, 2.24) is 4.98 Å². The molecule has 1 aromatic rings. The second kappa shape index (κ2) is 6.09. The molecule has 0 bridgehead atoms. The maximum absolute atomic E-state index is 11.5. The van der Waals surface area contributed by atoms with Crippen LogP contribution in [0.4, 0.5) is 0 Å². The van der Waals surface area contributed by atoms with Gasteiger partial charge in [-0.3, -0.25) is 19.9 Å². The van der Waals surface area contributed by atoms with E-state index in [1.54, 1.807) is 38.2 Å². The number of pyridine rings is 1. The summed E-state index contributed by atoms with van der Waals surface area (Å²) in [7, 11) is 0. The summed E-state index contributed by atoms with van der Waals surface area (Å²) >= 11 is 0. The summed E-state index contributed by atoms with van der Waals surface area (Å²) in [5.74, 6) is -0.451. The molecule has 0 saturated carbocycles. The highest BCUT2D eigenvalue weighted by atomic mass is 16.6. The number of hydrogen-bond donors (Lipinski definition) is 0. The third-order valence-electron chi connectivity index (χ3n) is 2.60. The fraction of sp³-hybridized carbons (Fsp3) is 0.500. The zero-order chi connectivity index (χ0) is 13.6. The van der Waals surface area contributed by atoms with Crippen LogP contribution in [0.15, 0.2) is 24.4 Å². The van der Waals surface area contributed by atoms with Gasteiger partial charge in [0.1, 0.15) is 0 Å². The molecule has 0 fully saturated rings. The Morgan fingerprint density at radius 3 is 2.78 bits per heavy atom. The number of aromatic nitrogens is 1. The lowest BCUT2D eigenvalue weighted by atomic mass is 9.83. The minimum Gasteiger partial charge on any atom is -0.466 e. The average Bonchev–Trinajstić information content (AvgIpc) is 2.29. The number of nitro groups is 1. The lowest BCUT2D eigenvalue weighted by molar-refractivity contribution is -0.490. The number of nitrogens with zero attached hydrogens (tertiary/aromatic N) is 2. The van der Waals surface area contributed by atoms with Crippen LogP contribution in [0.5, 0.6) is 0 Å². The molecule has 1 atom stereocenters. The first-order valence-corrected chi connectivity index (χ1v) is 5.67. The zero-order valence-electron chi connectivity index (χ0n) is 10.5. The molecule has 0 aliphatic heterocycles. The van der Waals surface area contributed by atoms with Crippen LogP contribution < -0.4 is 0 Å². The maximum Gasteiger partial charge on any atom is 0.306 e. The van der Waals surface area contributed by atoms with Crippen molar-refractivity contribution in [1.29, 1.82) is 0 Å². The highest BCUT2D eigenvalue weighted by molar-refractivity contribution is 5.71. The molecule has 0 aromatic carbocycles. The average molecular weight is 252 g/mol. The normalized spacial score (nSPS) is 13.7. The quantitative estimate of drug-likeness (QED) is 0.436. The smallest absolute Gasteiger partial charge is 0.306 e. The van der Waals surface area contributed by atoms with Crippen molar-refractivity contribution in [2.24, 2.45) is 0 Å². The van der Waals surface area contributed by atoms with Gasteiger partial charge < -0.3 is 4.74 Å². The number of ether oxygens (including phenoxy) is 1. The lowest BCUT2D eigenvalue weighted by Crippen LogP contribution is -2.35. The van der Waals surface area contributed by atoms with Gasteiger partial charge in [0.15, 0.2) is 0 Å². The molecule has 18 heavy (non-hydrogen) atoms. The van der Waals surface area contributed by atoms with Crippen LogP contribution in [0.3, 0.4) is 0 Å². The van der Waals surface area contributed by atoms with Crippen molar-refractivity contribution in [3.63, 3.8) is 0 Å². The Balaban J connectivity index is 2.95. The van der Waals surface area contributed by atoms with Crippen LogP contribution in [0, 0.1) is 10.1 Å². The molecule has 1 heterocycles. The summed E-state index contributed by atoms with van der Waals surface area (Å²) in [4.78, 5) is 26.0. The van der Waals surface area contributed by atoms with Gasteiger partial charge in [-0.1, -0.05) is 6.07 Å². The first-order chi connectivity index (χ1) is 8.48. The minimum atomic E-state index is -0.947. The SMILES string of the molecule is CCOC(=O)CC(C)(C[N+](=O)[O-])c1ccccn1. The minimum absolute atomic E-state index is 0.0567. The molecule has 0 radical (unpaired) electrons. The van der Waals surface area contributed by atoms with E-state index in [1.807, 2.05) is 0 Å². The lowest BCUT2D eigenvalue weighted by Gasteiger charge is -2.23. The van der Waals surface area contributed by atoms with E-state index in [4.69, 9.17) is 4.74 Å². The van der Waals surface area contributed by atoms with E-state index in [-0.39, 0.29) is 19.6 Å². The predicted octanol–water partition coefficient (Wildman–Crippen LogP) is 1.57. The Kier molecular flexibility index (Phi) is 4.76. The molecule has 0 saturated heterocycles. The van der Waals surface area contributed by atoms with Crippen molar-refractivity contribution in [3.05, 3.63) is 40.2 Å². The van der Waals surface area contributed by atoms with Crippen molar-refractivity contribution in [3.8, 4) is 0 Å². The van der Waals surface area contributed by atoms with Crippen LogP contribution in [0.1, 0.15) is 26.0 Å². The van der Waals surface area contributed by atoms with E-state index in [0.717, 1.165) is 0 Å². The Hall–Kier alpha value is -1.98. The van der Waals surface area contributed by atoms with E-state index >= 15 is 0 Å². The van der Waals surface area contributed by atoms with E-state index < -0.39 is 16.3 Å². The number of carbonyl (C=O) groups excluding carboxylic acids is 1. The monoisotopic (exact) mass is 252 g/mol. The molecule has 1 unspecified atom stereocenters. The van der Waals surface area contributed by atoms with E-state index in [9.17, 15) is 14.9 Å². The van der Waals surface area contributed by atoms with Gasteiger partial charge in [0, 0.05) is 11.1 Å².